The number of rotatable bonds is 5. The molecule has 2 aromatic heterocycles. The fourth-order valence-corrected chi connectivity index (χ4v) is 8.07. The summed E-state index contributed by atoms with van der Waals surface area (Å²) in [5.41, 5.74) is 8.49. The van der Waals surface area contributed by atoms with Crippen LogP contribution in [-0.4, -0.2) is 19.5 Å². The lowest BCUT2D eigenvalue weighted by atomic mass is 10.00. The predicted molar refractivity (Wildman–Crippen MR) is 228 cm³/mol. The molecule has 11 aromatic rings. The molecule has 0 bridgehead atoms. The molecule has 256 valence electrons. The Bertz CT molecular complexity index is 3250. The highest BCUT2D eigenvalue weighted by molar-refractivity contribution is 6.23. The van der Waals surface area contributed by atoms with Crippen LogP contribution in [0, 0.1) is 0 Å². The smallest absolute Gasteiger partial charge is 0.164 e. The molecule has 4 nitrogen and oxygen atoms in total. The zero-order valence-corrected chi connectivity index (χ0v) is 29.8. The third-order valence-electron chi connectivity index (χ3n) is 10.8. The Labute approximate surface area is 317 Å². The minimum atomic E-state index is 0.626. The number of aromatic nitrogens is 4. The van der Waals surface area contributed by atoms with Crippen LogP contribution in [0.1, 0.15) is 0 Å². The highest BCUT2D eigenvalue weighted by Crippen LogP contribution is 2.39. The molecule has 2 heterocycles. The van der Waals surface area contributed by atoms with E-state index in [0.29, 0.717) is 17.5 Å². The van der Waals surface area contributed by atoms with Crippen LogP contribution in [0.3, 0.4) is 0 Å². The molecule has 0 aliphatic rings. The molecule has 0 aliphatic heterocycles. The van der Waals surface area contributed by atoms with E-state index in [1.807, 2.05) is 18.2 Å². The Balaban J connectivity index is 1.07. The Kier molecular flexibility index (Phi) is 7.14. The summed E-state index contributed by atoms with van der Waals surface area (Å²) in [4.78, 5) is 15.3. The van der Waals surface area contributed by atoms with Crippen molar-refractivity contribution in [2.24, 2.45) is 0 Å². The average Bonchev–Trinajstić information content (AvgIpc) is 3.59. The summed E-state index contributed by atoms with van der Waals surface area (Å²) in [6.07, 6.45) is 0. The van der Waals surface area contributed by atoms with E-state index in [0.717, 1.165) is 39.0 Å². The van der Waals surface area contributed by atoms with Gasteiger partial charge >= 0.3 is 0 Å². The summed E-state index contributed by atoms with van der Waals surface area (Å²) in [5.74, 6) is 1.90. The lowest BCUT2D eigenvalue weighted by molar-refractivity contribution is 1.07. The summed E-state index contributed by atoms with van der Waals surface area (Å²) in [6, 6.07) is 68.8. The van der Waals surface area contributed by atoms with Crippen molar-refractivity contribution in [3.8, 4) is 51.0 Å². The summed E-state index contributed by atoms with van der Waals surface area (Å²) in [7, 11) is 0. The first-order chi connectivity index (χ1) is 27.2. The highest BCUT2D eigenvalue weighted by atomic mass is 15.0. The largest absolute Gasteiger partial charge is 0.309 e. The van der Waals surface area contributed by atoms with Crippen LogP contribution < -0.4 is 0 Å². The first kappa shape index (κ1) is 31.1. The zero-order chi connectivity index (χ0) is 36.3. The summed E-state index contributed by atoms with van der Waals surface area (Å²) in [5, 5.41) is 9.86. The first-order valence-electron chi connectivity index (χ1n) is 18.6. The van der Waals surface area contributed by atoms with Gasteiger partial charge in [-0.3, -0.25) is 0 Å². The van der Waals surface area contributed by atoms with Gasteiger partial charge in [0.15, 0.2) is 17.5 Å². The molecule has 11 rings (SSSR count). The topological polar surface area (TPSA) is 43.6 Å². The number of nitrogens with zero attached hydrogens (tertiary/aromatic N) is 4. The van der Waals surface area contributed by atoms with Crippen molar-refractivity contribution < 1.29 is 0 Å². The molecular weight excluding hydrogens is 669 g/mol. The van der Waals surface area contributed by atoms with Crippen LogP contribution >= 0.6 is 0 Å². The van der Waals surface area contributed by atoms with Gasteiger partial charge in [-0.2, -0.15) is 0 Å². The third-order valence-corrected chi connectivity index (χ3v) is 10.8. The SMILES string of the molecule is c1ccc(-c2nc(-c3ccc(-c4ccc5ccccc5c4)cc3)nc(-c3cccc(-n4c5cc6ccccc6cc5c5c6ccccc6ccc54)c3)n2)cc1. The molecule has 0 spiro atoms. The Hall–Kier alpha value is -7.43. The van der Waals surface area contributed by atoms with Crippen molar-refractivity contribution in [3.05, 3.63) is 194 Å². The maximum absolute atomic E-state index is 5.14. The molecule has 0 aliphatic carbocycles. The second kappa shape index (κ2) is 12.6. The van der Waals surface area contributed by atoms with Crippen molar-refractivity contribution in [3.63, 3.8) is 0 Å². The van der Waals surface area contributed by atoms with E-state index in [2.05, 4.69) is 180 Å². The van der Waals surface area contributed by atoms with Crippen LogP contribution in [0.2, 0.25) is 0 Å². The van der Waals surface area contributed by atoms with Crippen molar-refractivity contribution in [2.45, 2.75) is 0 Å². The van der Waals surface area contributed by atoms with Crippen LogP contribution in [0.25, 0.3) is 105 Å². The molecule has 9 aromatic carbocycles. The molecule has 0 unspecified atom stereocenters. The molecule has 0 amide bonds. The lowest BCUT2D eigenvalue weighted by Crippen LogP contribution is -2.01. The van der Waals surface area contributed by atoms with Crippen molar-refractivity contribution in [1.82, 2.24) is 19.5 Å². The van der Waals surface area contributed by atoms with Gasteiger partial charge in [0, 0.05) is 33.2 Å². The van der Waals surface area contributed by atoms with E-state index in [9.17, 15) is 0 Å². The van der Waals surface area contributed by atoms with Gasteiger partial charge in [-0.25, -0.2) is 15.0 Å². The van der Waals surface area contributed by atoms with Crippen LogP contribution in [0.5, 0.6) is 0 Å². The number of hydrogen-bond donors (Lipinski definition) is 0. The van der Waals surface area contributed by atoms with Crippen LogP contribution in [0.15, 0.2) is 194 Å². The molecular formula is C51H32N4. The summed E-state index contributed by atoms with van der Waals surface area (Å²) < 4.78 is 2.39. The fourth-order valence-electron chi connectivity index (χ4n) is 8.07. The maximum atomic E-state index is 5.14. The quantitative estimate of drug-likeness (QED) is 0.179. The number of hydrogen-bond acceptors (Lipinski definition) is 3. The third kappa shape index (κ3) is 5.34. The standard InChI is InChI=1S/C51H32N4/c1-2-13-36(14-3-1)49-52-50(37-24-21-34(22-25-37)41-26-23-33-11-4-5-15-38(33)29-41)54-51(53-49)42-18-10-19-43(30-42)55-46-28-27-35-12-8-9-20-44(35)48(46)45-31-39-16-6-7-17-40(39)32-47(45)55/h1-32H. The van der Waals surface area contributed by atoms with Gasteiger partial charge in [0.05, 0.1) is 11.0 Å². The highest BCUT2D eigenvalue weighted by Gasteiger charge is 2.18. The summed E-state index contributed by atoms with van der Waals surface area (Å²) >= 11 is 0. The first-order valence-corrected chi connectivity index (χ1v) is 18.6. The molecule has 0 radical (unpaired) electrons. The van der Waals surface area contributed by atoms with Crippen molar-refractivity contribution >= 4 is 54.1 Å². The van der Waals surface area contributed by atoms with Gasteiger partial charge in [-0.15, -0.1) is 0 Å². The van der Waals surface area contributed by atoms with E-state index in [1.165, 1.54) is 48.7 Å². The van der Waals surface area contributed by atoms with Crippen molar-refractivity contribution in [2.75, 3.05) is 0 Å². The average molecular weight is 701 g/mol. The summed E-state index contributed by atoms with van der Waals surface area (Å²) in [6.45, 7) is 0. The van der Waals surface area contributed by atoms with Gasteiger partial charge in [-0.1, -0.05) is 158 Å². The van der Waals surface area contributed by atoms with Gasteiger partial charge in [0.1, 0.15) is 0 Å². The predicted octanol–water partition coefficient (Wildman–Crippen LogP) is 13.1. The second-order valence-corrected chi connectivity index (χ2v) is 14.1. The van der Waals surface area contributed by atoms with Crippen LogP contribution in [-0.2, 0) is 0 Å². The minimum absolute atomic E-state index is 0.626. The van der Waals surface area contributed by atoms with Crippen molar-refractivity contribution in [1.29, 1.82) is 0 Å². The van der Waals surface area contributed by atoms with E-state index >= 15 is 0 Å². The van der Waals surface area contributed by atoms with E-state index in [1.54, 1.807) is 0 Å². The molecule has 0 saturated carbocycles. The monoisotopic (exact) mass is 700 g/mol. The fraction of sp³-hybridized carbons (Fsp3) is 0. The zero-order valence-electron chi connectivity index (χ0n) is 29.8. The lowest BCUT2D eigenvalue weighted by Gasteiger charge is -2.12. The molecule has 55 heavy (non-hydrogen) atoms. The molecule has 4 heteroatoms. The molecule has 0 atom stereocenters. The van der Waals surface area contributed by atoms with Gasteiger partial charge < -0.3 is 4.57 Å². The Morgan fingerprint density at radius 3 is 1.60 bits per heavy atom. The van der Waals surface area contributed by atoms with E-state index in [-0.39, 0.29) is 0 Å². The van der Waals surface area contributed by atoms with E-state index in [4.69, 9.17) is 15.0 Å². The van der Waals surface area contributed by atoms with Gasteiger partial charge in [0.2, 0.25) is 0 Å². The normalized spacial score (nSPS) is 11.6. The number of benzene rings is 9. The molecule has 0 fully saturated rings. The molecule has 0 saturated heterocycles. The van der Waals surface area contributed by atoms with Gasteiger partial charge in [-0.05, 0) is 79.8 Å². The Morgan fingerprint density at radius 2 is 0.836 bits per heavy atom. The minimum Gasteiger partial charge on any atom is -0.309 e. The van der Waals surface area contributed by atoms with Crippen LogP contribution in [0.4, 0.5) is 0 Å². The Morgan fingerprint density at radius 1 is 0.291 bits per heavy atom. The maximum Gasteiger partial charge on any atom is 0.164 e. The molecule has 0 N–H and O–H groups in total. The van der Waals surface area contributed by atoms with E-state index < -0.39 is 0 Å². The second-order valence-electron chi connectivity index (χ2n) is 14.1. The van der Waals surface area contributed by atoms with Gasteiger partial charge in [0.25, 0.3) is 0 Å². The number of fused-ring (bicyclic) bond motifs is 7.